The highest BCUT2D eigenvalue weighted by atomic mass is 16.6. The van der Waals surface area contributed by atoms with Crippen molar-refractivity contribution in [2.24, 2.45) is 0 Å². The summed E-state index contributed by atoms with van der Waals surface area (Å²) in [6.45, 7) is 3.85. The highest BCUT2D eigenvalue weighted by Crippen LogP contribution is 2.24. The van der Waals surface area contributed by atoms with E-state index < -0.39 is 4.92 Å². The van der Waals surface area contributed by atoms with E-state index >= 15 is 0 Å². The fourth-order valence-electron chi connectivity index (χ4n) is 3.44. The molecule has 3 aromatic rings. The first-order valence-corrected chi connectivity index (χ1v) is 9.26. The molecule has 1 saturated heterocycles. The van der Waals surface area contributed by atoms with Gasteiger partial charge in [-0.15, -0.1) is 0 Å². The van der Waals surface area contributed by atoms with Crippen LogP contribution in [-0.4, -0.2) is 60.4 Å². The van der Waals surface area contributed by atoms with Gasteiger partial charge in [0, 0.05) is 50.1 Å². The van der Waals surface area contributed by atoms with Crippen LogP contribution in [0.4, 0.5) is 11.4 Å². The average molecular weight is 396 g/mol. The molecule has 0 spiro atoms. The predicted octanol–water partition coefficient (Wildman–Crippen LogP) is 2.04. The third-order valence-corrected chi connectivity index (χ3v) is 5.11. The molecule has 9 heteroatoms. The molecule has 1 amide bonds. The normalized spacial score (nSPS) is 15.6. The minimum absolute atomic E-state index is 0.132. The number of nitrogens with one attached hydrogen (secondary N) is 1. The van der Waals surface area contributed by atoms with Crippen LogP contribution in [0, 0.1) is 10.1 Å². The summed E-state index contributed by atoms with van der Waals surface area (Å²) < 4.78 is 5.76. The van der Waals surface area contributed by atoms with E-state index in [4.69, 9.17) is 4.42 Å². The Bertz CT molecular complexity index is 1160. The molecule has 0 aliphatic carbocycles. The lowest BCUT2D eigenvalue weighted by Gasteiger charge is -2.31. The number of nitrogens with zero attached hydrogens (tertiary/aromatic N) is 3. The largest absolute Gasteiger partial charge is 0.456 e. The lowest BCUT2D eigenvalue weighted by Crippen LogP contribution is -2.47. The lowest BCUT2D eigenvalue weighted by molar-refractivity contribution is -0.384. The molecule has 1 fully saturated rings. The van der Waals surface area contributed by atoms with E-state index in [9.17, 15) is 19.7 Å². The summed E-state index contributed by atoms with van der Waals surface area (Å²) >= 11 is 0. The summed E-state index contributed by atoms with van der Waals surface area (Å²) in [5.74, 6) is -0.132. The highest BCUT2D eigenvalue weighted by molar-refractivity contribution is 5.96. The first-order chi connectivity index (χ1) is 13.9. The molecular weight excluding hydrogens is 376 g/mol. The number of hydrogen-bond acceptors (Lipinski definition) is 7. The van der Waals surface area contributed by atoms with Crippen molar-refractivity contribution in [3.8, 4) is 0 Å². The number of carbonyl (C=O) groups is 1. The molecule has 150 valence electrons. The van der Waals surface area contributed by atoms with E-state index in [2.05, 4.69) is 22.2 Å². The zero-order chi connectivity index (χ0) is 20.5. The highest BCUT2D eigenvalue weighted by Gasteiger charge is 2.17. The van der Waals surface area contributed by atoms with Gasteiger partial charge in [-0.05, 0) is 25.2 Å². The average Bonchev–Trinajstić information content (AvgIpc) is 2.69. The van der Waals surface area contributed by atoms with E-state index in [1.165, 1.54) is 18.2 Å². The maximum absolute atomic E-state index is 12.7. The van der Waals surface area contributed by atoms with Gasteiger partial charge in [-0.3, -0.25) is 24.6 Å². The monoisotopic (exact) mass is 396 g/mol. The van der Waals surface area contributed by atoms with Crippen molar-refractivity contribution in [2.75, 3.05) is 45.1 Å². The van der Waals surface area contributed by atoms with Crippen LogP contribution in [0.25, 0.3) is 21.9 Å². The van der Waals surface area contributed by atoms with Gasteiger partial charge >= 0.3 is 0 Å². The number of anilines is 1. The first kappa shape index (κ1) is 19.0. The Kier molecular flexibility index (Phi) is 4.99. The van der Waals surface area contributed by atoms with Crippen LogP contribution in [0.3, 0.4) is 0 Å². The topological polar surface area (TPSA) is 109 Å². The number of carbonyl (C=O) groups excluding carboxylic acids is 1. The van der Waals surface area contributed by atoms with Crippen molar-refractivity contribution < 1.29 is 14.1 Å². The number of likely N-dealkylation sites (N-methyl/N-ethyl adjacent to an activating group) is 1. The number of fused-ring (bicyclic) bond motifs is 2. The summed E-state index contributed by atoms with van der Waals surface area (Å²) in [6.07, 6.45) is 0. The number of piperazine rings is 1. The molecule has 1 aromatic heterocycles. The summed E-state index contributed by atoms with van der Waals surface area (Å²) in [4.78, 5) is 39.8. The second-order valence-corrected chi connectivity index (χ2v) is 7.21. The van der Waals surface area contributed by atoms with Crippen LogP contribution in [0.15, 0.2) is 45.6 Å². The van der Waals surface area contributed by atoms with Gasteiger partial charge in [0.2, 0.25) is 11.3 Å². The number of rotatable bonds is 4. The third-order valence-electron chi connectivity index (χ3n) is 5.11. The quantitative estimate of drug-likeness (QED) is 0.408. The fourth-order valence-corrected chi connectivity index (χ4v) is 3.44. The van der Waals surface area contributed by atoms with Crippen LogP contribution in [0.1, 0.15) is 0 Å². The van der Waals surface area contributed by atoms with Gasteiger partial charge in [-0.2, -0.15) is 0 Å². The molecule has 2 aromatic carbocycles. The summed E-state index contributed by atoms with van der Waals surface area (Å²) in [7, 11) is 2.06. The van der Waals surface area contributed by atoms with Gasteiger partial charge in [-0.25, -0.2) is 0 Å². The minimum Gasteiger partial charge on any atom is -0.456 e. The van der Waals surface area contributed by atoms with Gasteiger partial charge in [0.15, 0.2) is 0 Å². The van der Waals surface area contributed by atoms with Crippen molar-refractivity contribution in [3.63, 3.8) is 0 Å². The molecule has 1 aliphatic heterocycles. The van der Waals surface area contributed by atoms with Crippen LogP contribution in [-0.2, 0) is 4.79 Å². The van der Waals surface area contributed by atoms with Gasteiger partial charge in [0.1, 0.15) is 11.2 Å². The van der Waals surface area contributed by atoms with Gasteiger partial charge in [0.05, 0.1) is 22.2 Å². The molecule has 0 radical (unpaired) electrons. The Morgan fingerprint density at radius 1 is 1.10 bits per heavy atom. The van der Waals surface area contributed by atoms with Crippen LogP contribution in [0.2, 0.25) is 0 Å². The number of amides is 1. The van der Waals surface area contributed by atoms with E-state index in [0.717, 1.165) is 26.2 Å². The molecule has 0 unspecified atom stereocenters. The number of benzene rings is 2. The molecule has 9 nitrogen and oxygen atoms in total. The predicted molar refractivity (Wildman–Crippen MR) is 109 cm³/mol. The Labute approximate surface area is 165 Å². The standard InChI is InChI=1S/C20H20N4O5/c1-22-6-8-23(9-7-22)12-19(25)21-13-2-4-15-18(10-13)29-17-5-3-14(24(27)28)11-16(17)20(15)26/h2-5,10-11H,6-9,12H2,1H3,(H,21,25). The number of nitro benzene ring substituents is 1. The van der Waals surface area contributed by atoms with Gasteiger partial charge < -0.3 is 14.6 Å². The molecular formula is C20H20N4O5. The Balaban J connectivity index is 1.58. The Morgan fingerprint density at radius 3 is 2.59 bits per heavy atom. The maximum Gasteiger partial charge on any atom is 0.270 e. The molecule has 0 atom stereocenters. The summed E-state index contributed by atoms with van der Waals surface area (Å²) in [5.41, 5.74) is 0.584. The van der Waals surface area contributed by atoms with Crippen molar-refractivity contribution in [3.05, 3.63) is 56.7 Å². The molecule has 0 bridgehead atoms. The minimum atomic E-state index is -0.553. The first-order valence-electron chi connectivity index (χ1n) is 9.26. The number of nitro groups is 1. The molecule has 29 heavy (non-hydrogen) atoms. The van der Waals surface area contributed by atoms with E-state index in [-0.39, 0.29) is 28.0 Å². The summed E-state index contributed by atoms with van der Waals surface area (Å²) in [5, 5.41) is 14.2. The van der Waals surface area contributed by atoms with Crippen LogP contribution in [0.5, 0.6) is 0 Å². The smallest absolute Gasteiger partial charge is 0.270 e. The number of non-ortho nitro benzene ring substituents is 1. The molecule has 4 rings (SSSR count). The van der Waals surface area contributed by atoms with Gasteiger partial charge in [0.25, 0.3) is 5.69 Å². The Morgan fingerprint density at radius 2 is 1.86 bits per heavy atom. The molecule has 0 saturated carbocycles. The molecule has 2 heterocycles. The third kappa shape index (κ3) is 3.96. The molecule has 1 aliphatic rings. The van der Waals surface area contributed by atoms with Crippen LogP contribution < -0.4 is 10.7 Å². The van der Waals surface area contributed by atoms with Crippen molar-refractivity contribution in [2.45, 2.75) is 0 Å². The zero-order valence-corrected chi connectivity index (χ0v) is 15.9. The van der Waals surface area contributed by atoms with E-state index in [1.54, 1.807) is 18.2 Å². The van der Waals surface area contributed by atoms with E-state index in [1.807, 2.05) is 0 Å². The van der Waals surface area contributed by atoms with Crippen molar-refractivity contribution >= 4 is 39.2 Å². The fraction of sp³-hybridized carbons (Fsp3) is 0.300. The second kappa shape index (κ2) is 7.61. The zero-order valence-electron chi connectivity index (χ0n) is 15.9. The Hall–Kier alpha value is -3.30. The van der Waals surface area contributed by atoms with Crippen molar-refractivity contribution in [1.82, 2.24) is 9.80 Å². The maximum atomic E-state index is 12.7. The van der Waals surface area contributed by atoms with Crippen molar-refractivity contribution in [1.29, 1.82) is 0 Å². The van der Waals surface area contributed by atoms with E-state index in [0.29, 0.717) is 23.2 Å². The number of hydrogen-bond donors (Lipinski definition) is 1. The van der Waals surface area contributed by atoms with Gasteiger partial charge in [-0.1, -0.05) is 0 Å². The van der Waals surface area contributed by atoms with Crippen LogP contribution >= 0.6 is 0 Å². The second-order valence-electron chi connectivity index (χ2n) is 7.21. The lowest BCUT2D eigenvalue weighted by atomic mass is 10.1. The SMILES string of the molecule is CN1CCN(CC(=O)Nc2ccc3c(=O)c4cc([N+](=O)[O-])ccc4oc3c2)CC1. The molecule has 1 N–H and O–H groups in total. The summed E-state index contributed by atoms with van der Waals surface area (Å²) in [6, 6.07) is 8.70.